The molecular weight excluding hydrogens is 357 g/mol. The zero-order valence-electron chi connectivity index (χ0n) is 16.0. The molecule has 0 saturated heterocycles. The van der Waals surface area contributed by atoms with Gasteiger partial charge in [0, 0.05) is 17.6 Å². The lowest BCUT2D eigenvalue weighted by Crippen LogP contribution is -2.41. The van der Waals surface area contributed by atoms with E-state index in [2.05, 4.69) is 17.1 Å². The Hall–Kier alpha value is -2.76. The summed E-state index contributed by atoms with van der Waals surface area (Å²) in [6.45, 7) is 3.95. The van der Waals surface area contributed by atoms with Crippen LogP contribution in [0.2, 0.25) is 0 Å². The number of fused-ring (bicyclic) bond motifs is 1. The molecule has 144 valence electrons. The molecule has 0 N–H and O–H groups in total. The van der Waals surface area contributed by atoms with Gasteiger partial charge in [-0.1, -0.05) is 17.3 Å². The highest BCUT2D eigenvalue weighted by Gasteiger charge is 2.42. The summed E-state index contributed by atoms with van der Waals surface area (Å²) in [4.78, 5) is 20.1. The topological polar surface area (TPSA) is 59.2 Å². The summed E-state index contributed by atoms with van der Waals surface area (Å²) in [5.41, 5.74) is 2.14. The molecule has 1 aromatic carbocycles. The van der Waals surface area contributed by atoms with Crippen molar-refractivity contribution in [1.29, 1.82) is 0 Å². The number of amides is 1. The van der Waals surface area contributed by atoms with Crippen LogP contribution in [0.3, 0.4) is 0 Å². The number of carbonyl (C=O) groups excluding carboxylic acids is 1. The summed E-state index contributed by atoms with van der Waals surface area (Å²) >= 11 is 0. The van der Waals surface area contributed by atoms with Gasteiger partial charge >= 0.3 is 0 Å². The Morgan fingerprint density at radius 2 is 2.00 bits per heavy atom. The Labute approximate surface area is 162 Å². The molecule has 1 atom stereocenters. The first-order chi connectivity index (χ1) is 13.5. The van der Waals surface area contributed by atoms with Gasteiger partial charge in [0.25, 0.3) is 11.6 Å². The Morgan fingerprint density at radius 3 is 2.68 bits per heavy atom. The molecule has 5 nitrogen and oxygen atoms in total. The SMILES string of the molecule is Cc1noc2nc(-c3ccccc3F)cc(C(=O)N(C3CC3)[C@H](C)C3CC3)c12. The fourth-order valence-corrected chi connectivity index (χ4v) is 4.05. The maximum Gasteiger partial charge on any atom is 0.259 e. The van der Waals surface area contributed by atoms with E-state index in [1.165, 1.54) is 18.9 Å². The van der Waals surface area contributed by atoms with Gasteiger partial charge in [0.15, 0.2) is 0 Å². The van der Waals surface area contributed by atoms with E-state index in [0.29, 0.717) is 39.9 Å². The van der Waals surface area contributed by atoms with Crippen molar-refractivity contribution in [3.8, 4) is 11.3 Å². The molecule has 0 spiro atoms. The number of carbonyl (C=O) groups is 1. The summed E-state index contributed by atoms with van der Waals surface area (Å²) in [6.07, 6.45) is 4.44. The Morgan fingerprint density at radius 1 is 1.25 bits per heavy atom. The van der Waals surface area contributed by atoms with Gasteiger partial charge in [-0.25, -0.2) is 9.37 Å². The first kappa shape index (κ1) is 17.3. The second-order valence-corrected chi connectivity index (χ2v) is 8.00. The van der Waals surface area contributed by atoms with Crippen LogP contribution in [0, 0.1) is 18.7 Å². The molecule has 0 bridgehead atoms. The van der Waals surface area contributed by atoms with E-state index in [-0.39, 0.29) is 23.5 Å². The van der Waals surface area contributed by atoms with E-state index in [1.807, 2.05) is 4.90 Å². The van der Waals surface area contributed by atoms with Gasteiger partial charge in [-0.3, -0.25) is 4.79 Å². The normalized spacial score (nSPS) is 17.7. The van der Waals surface area contributed by atoms with E-state index >= 15 is 0 Å². The minimum atomic E-state index is -0.380. The number of aryl methyl sites for hydroxylation is 1. The molecule has 1 amide bonds. The quantitative estimate of drug-likeness (QED) is 0.642. The smallest absolute Gasteiger partial charge is 0.259 e. The molecule has 2 fully saturated rings. The molecule has 2 saturated carbocycles. The number of nitrogens with zero attached hydrogens (tertiary/aromatic N) is 3. The van der Waals surface area contributed by atoms with Gasteiger partial charge in [-0.2, -0.15) is 0 Å². The Balaban J connectivity index is 1.66. The third-order valence-electron chi connectivity index (χ3n) is 5.92. The second kappa shape index (κ2) is 6.40. The molecule has 28 heavy (non-hydrogen) atoms. The predicted molar refractivity (Wildman–Crippen MR) is 103 cm³/mol. The van der Waals surface area contributed by atoms with Gasteiger partial charge in [0.1, 0.15) is 5.82 Å². The van der Waals surface area contributed by atoms with Gasteiger partial charge in [0.2, 0.25) is 0 Å². The van der Waals surface area contributed by atoms with E-state index in [4.69, 9.17) is 4.52 Å². The Bertz CT molecular complexity index is 1070. The minimum Gasteiger partial charge on any atom is -0.335 e. The third kappa shape index (κ3) is 2.87. The van der Waals surface area contributed by atoms with Gasteiger partial charge in [-0.05, 0) is 63.6 Å². The molecule has 2 aromatic heterocycles. The van der Waals surface area contributed by atoms with E-state index in [0.717, 1.165) is 12.8 Å². The van der Waals surface area contributed by atoms with Crippen molar-refractivity contribution in [2.45, 2.75) is 51.6 Å². The fraction of sp³-hybridized carbons (Fsp3) is 0.409. The lowest BCUT2D eigenvalue weighted by molar-refractivity contribution is 0.0656. The van der Waals surface area contributed by atoms with Crippen LogP contribution >= 0.6 is 0 Å². The van der Waals surface area contributed by atoms with Crippen molar-refractivity contribution in [1.82, 2.24) is 15.0 Å². The number of aromatic nitrogens is 2. The molecule has 2 aliphatic carbocycles. The number of pyridine rings is 1. The maximum absolute atomic E-state index is 14.4. The molecule has 5 rings (SSSR count). The average Bonchev–Trinajstić information content (AvgIpc) is 3.60. The molecule has 0 aliphatic heterocycles. The summed E-state index contributed by atoms with van der Waals surface area (Å²) < 4.78 is 19.7. The zero-order chi connectivity index (χ0) is 19.4. The fourth-order valence-electron chi connectivity index (χ4n) is 4.05. The highest BCUT2D eigenvalue weighted by molar-refractivity contribution is 6.07. The van der Waals surface area contributed by atoms with Crippen LogP contribution in [-0.2, 0) is 0 Å². The van der Waals surface area contributed by atoms with Crippen LogP contribution < -0.4 is 0 Å². The largest absolute Gasteiger partial charge is 0.335 e. The number of hydrogen-bond donors (Lipinski definition) is 0. The molecule has 2 heterocycles. The minimum absolute atomic E-state index is 0.0295. The first-order valence-corrected chi connectivity index (χ1v) is 9.89. The van der Waals surface area contributed by atoms with Crippen LogP contribution in [0.15, 0.2) is 34.9 Å². The van der Waals surface area contributed by atoms with Crippen molar-refractivity contribution in [2.75, 3.05) is 0 Å². The number of hydrogen-bond acceptors (Lipinski definition) is 4. The number of rotatable bonds is 5. The van der Waals surface area contributed by atoms with Crippen molar-refractivity contribution in [3.05, 3.63) is 47.4 Å². The third-order valence-corrected chi connectivity index (χ3v) is 5.92. The van der Waals surface area contributed by atoms with Crippen LogP contribution in [0.1, 0.15) is 48.7 Å². The van der Waals surface area contributed by atoms with E-state index in [9.17, 15) is 9.18 Å². The van der Waals surface area contributed by atoms with Gasteiger partial charge in [-0.15, -0.1) is 0 Å². The van der Waals surface area contributed by atoms with Crippen molar-refractivity contribution < 1.29 is 13.7 Å². The standard InChI is InChI=1S/C22H22FN3O2/c1-12-20-17(22(27)26(15-9-10-15)13(2)14-7-8-14)11-19(24-21(20)28-25-12)16-5-3-4-6-18(16)23/h3-6,11,13-15H,7-10H2,1-2H3/t13-/m1/s1. The highest BCUT2D eigenvalue weighted by Crippen LogP contribution is 2.41. The monoisotopic (exact) mass is 379 g/mol. The average molecular weight is 379 g/mol. The predicted octanol–water partition coefficient (Wildman–Crippen LogP) is 4.74. The summed E-state index contributed by atoms with van der Waals surface area (Å²) in [5.74, 6) is 0.170. The summed E-state index contributed by atoms with van der Waals surface area (Å²) in [6, 6.07) is 8.63. The lowest BCUT2D eigenvalue weighted by Gasteiger charge is -2.30. The summed E-state index contributed by atoms with van der Waals surface area (Å²) in [5, 5.41) is 4.63. The van der Waals surface area contributed by atoms with E-state index in [1.54, 1.807) is 31.2 Å². The van der Waals surface area contributed by atoms with Gasteiger partial charge < -0.3 is 9.42 Å². The molecule has 6 heteroatoms. The molecular formula is C22H22FN3O2. The van der Waals surface area contributed by atoms with Crippen molar-refractivity contribution in [2.24, 2.45) is 5.92 Å². The highest BCUT2D eigenvalue weighted by atomic mass is 19.1. The van der Waals surface area contributed by atoms with E-state index < -0.39 is 0 Å². The van der Waals surface area contributed by atoms with Crippen LogP contribution in [0.5, 0.6) is 0 Å². The van der Waals surface area contributed by atoms with Crippen LogP contribution in [0.4, 0.5) is 4.39 Å². The molecule has 2 aliphatic rings. The maximum atomic E-state index is 14.4. The van der Waals surface area contributed by atoms with Gasteiger partial charge in [0.05, 0.1) is 22.3 Å². The second-order valence-electron chi connectivity index (χ2n) is 8.00. The van der Waals surface area contributed by atoms with Crippen molar-refractivity contribution >= 4 is 17.0 Å². The molecule has 0 unspecified atom stereocenters. The summed E-state index contributed by atoms with van der Waals surface area (Å²) in [7, 11) is 0. The number of benzene rings is 1. The van der Waals surface area contributed by atoms with Crippen LogP contribution in [-0.4, -0.2) is 33.0 Å². The lowest BCUT2D eigenvalue weighted by atomic mass is 10.0. The van der Waals surface area contributed by atoms with Crippen molar-refractivity contribution in [3.63, 3.8) is 0 Å². The zero-order valence-corrected chi connectivity index (χ0v) is 16.0. The Kier molecular flexibility index (Phi) is 3.96. The number of halogens is 1. The first-order valence-electron chi connectivity index (χ1n) is 9.89. The molecule has 0 radical (unpaired) electrons. The molecule has 3 aromatic rings. The van der Waals surface area contributed by atoms with Crippen LogP contribution in [0.25, 0.3) is 22.4 Å².